The Balaban J connectivity index is 0.496. The third kappa shape index (κ3) is 28.6. The van der Waals surface area contributed by atoms with Crippen LogP contribution in [0.3, 0.4) is 0 Å². The highest BCUT2D eigenvalue weighted by Gasteiger charge is 2.65. The van der Waals surface area contributed by atoms with Crippen LogP contribution in [0.2, 0.25) is 10.0 Å². The van der Waals surface area contributed by atoms with Gasteiger partial charge in [0, 0.05) is 165 Å². The van der Waals surface area contributed by atoms with Gasteiger partial charge in [0.15, 0.2) is 5.72 Å². The predicted octanol–water partition coefficient (Wildman–Crippen LogP) is 13.5. The number of imidazole rings is 2. The van der Waals surface area contributed by atoms with Crippen LogP contribution in [0.15, 0.2) is 176 Å². The van der Waals surface area contributed by atoms with Crippen molar-refractivity contribution in [3.63, 3.8) is 0 Å². The van der Waals surface area contributed by atoms with Crippen LogP contribution in [-0.2, 0) is 120 Å². The maximum atomic E-state index is 15.5. The standard InChI is InChI=1S/C106H133Cl2N15O18S/c1-70-19-18-22-89(135-8)106(133)61-87(139-103(132)117-106)71(2)97-104(4,141-97)90(60-94(125)119(6)85-57-75(53-70)58-86(134-7)96(85)108)140-101(130)72(3)118(5)93(124)35-52-142-88-59-95(126)123(100(88)129)65-74-25-29-79(30-26-74)99(128)116-45-49-137-51-50-136-48-44-115-98(127)78-27-23-73(24-28-78)64-122(102(131)105(36-12-9-13-37-105)80-31-33-81(107)34-32-80)46-16-17-47-138-84-55-76(62-120(68-91-111-40-41-112-91)66-82-20-10-14-38-109-82)54-77(56-84)63-121(69-92-113-42-43-114-92)67-83-21-11-15-39-110-83/h10-11,14-15,18-24,27-28,31-34,38-43,54-58,71-72,74,79,87-90,97,133H,9,12-13,16-17,25-26,29-30,35-37,44-53,59-69H2,1-8H3,(H,111,112)(H,113,114)(H,115,127)(H,116,128)(H,117,132)/b22-18+,70-19+/t71-,72-,74?,79?,87+,88?,89-,90+,97-,104?,106+/m1/s1. The number of hydrogen-bond donors (Lipinski definition) is 6. The Kier molecular flexibility index (Phi) is 37.9. The number of rotatable bonds is 44. The van der Waals surface area contributed by atoms with E-state index >= 15 is 4.79 Å². The molecule has 0 spiro atoms. The number of thioether (sulfide) groups is 1. The number of epoxide rings is 1. The molecule has 8 aromatic rings. The molecule has 2 unspecified atom stereocenters. The zero-order chi connectivity index (χ0) is 100. The van der Waals surface area contributed by atoms with Crippen molar-refractivity contribution in [2.45, 2.75) is 229 Å². The number of benzene rings is 4. The van der Waals surface area contributed by atoms with Gasteiger partial charge in [-0.1, -0.05) is 116 Å². The number of halogens is 2. The normalized spacial score (nSPS) is 22.7. The number of H-pyrrole nitrogens is 2. The van der Waals surface area contributed by atoms with E-state index in [1.165, 1.54) is 54.7 Å². The van der Waals surface area contributed by atoms with Gasteiger partial charge in [-0.2, -0.15) is 0 Å². The second-order valence-electron chi connectivity index (χ2n) is 38.2. The Morgan fingerprint density at radius 1 is 0.718 bits per heavy atom. The Labute approximate surface area is 844 Å². The number of allylic oxidation sites excluding steroid dienone is 3. The van der Waals surface area contributed by atoms with Crippen molar-refractivity contribution in [1.82, 2.24) is 70.4 Å². The average molecular weight is 2010 g/mol. The van der Waals surface area contributed by atoms with Crippen LogP contribution in [-0.4, -0.2) is 253 Å². The molecule has 4 aromatic carbocycles. The highest BCUT2D eigenvalue weighted by molar-refractivity contribution is 8.00. The molecule has 2 aliphatic carbocycles. The molecule has 4 aliphatic heterocycles. The summed E-state index contributed by atoms with van der Waals surface area (Å²) in [5, 5.41) is 20.5. The second-order valence-corrected chi connectivity index (χ2v) is 40.3. The first-order valence-electron chi connectivity index (χ1n) is 49.2. The molecule has 142 heavy (non-hydrogen) atoms. The fraction of sp³-hybridized carbons (Fsp3) is 0.500. The van der Waals surface area contributed by atoms with Crippen LogP contribution < -0.4 is 30.3 Å². The van der Waals surface area contributed by atoms with Gasteiger partial charge in [0.2, 0.25) is 35.4 Å². The number of imide groups is 1. The van der Waals surface area contributed by atoms with Gasteiger partial charge >= 0.3 is 12.1 Å². The van der Waals surface area contributed by atoms with E-state index < -0.39 is 88.7 Å². The summed E-state index contributed by atoms with van der Waals surface area (Å²) < 4.78 is 48.1. The van der Waals surface area contributed by atoms with Crippen LogP contribution in [0.25, 0.3) is 0 Å². The number of hydrogen-bond acceptors (Lipinski definition) is 25. The molecular formula is C106H133Cl2N15O18S. The number of carbonyl (C=O) groups is 9. The van der Waals surface area contributed by atoms with E-state index in [-0.39, 0.29) is 111 Å². The van der Waals surface area contributed by atoms with Crippen LogP contribution in [0, 0.1) is 17.8 Å². The zero-order valence-corrected chi connectivity index (χ0v) is 84.5. The van der Waals surface area contributed by atoms with Crippen molar-refractivity contribution < 1.29 is 86.2 Å². The number of anilines is 1. The van der Waals surface area contributed by atoms with Gasteiger partial charge in [0.05, 0.1) is 93.5 Å². The minimum atomic E-state index is -1.90. The number of esters is 1. The largest absolute Gasteiger partial charge is 0.495 e. The lowest BCUT2D eigenvalue weighted by Gasteiger charge is -2.42. The molecule has 14 rings (SSSR count). The number of nitrogens with one attached hydrogen (secondary N) is 5. The van der Waals surface area contributed by atoms with Crippen molar-refractivity contribution in [3.05, 3.63) is 243 Å². The Hall–Kier alpha value is -11.4. The highest BCUT2D eigenvalue weighted by Crippen LogP contribution is 2.50. The molecule has 9 atom stereocenters. The fourth-order valence-electron chi connectivity index (χ4n) is 19.7. The number of unbranched alkanes of at least 4 members (excludes halogenated alkanes) is 1. The van der Waals surface area contributed by atoms with E-state index in [0.717, 1.165) is 94.3 Å². The van der Waals surface area contributed by atoms with Crippen LogP contribution in [0.4, 0.5) is 10.5 Å². The molecule has 8 amide bonds. The number of aliphatic hydroxyl groups is 1. The fourth-order valence-corrected chi connectivity index (χ4v) is 21.3. The van der Waals surface area contributed by atoms with Crippen molar-refractivity contribution >= 4 is 94.1 Å². The van der Waals surface area contributed by atoms with Gasteiger partial charge in [-0.15, -0.1) is 11.8 Å². The Morgan fingerprint density at radius 2 is 1.37 bits per heavy atom. The number of fused-ring (bicyclic) bond motifs is 5. The number of nitrogens with zero attached hydrogens (tertiary/aromatic N) is 10. The summed E-state index contributed by atoms with van der Waals surface area (Å²) in [6, 6.07) is 35.9. The number of ether oxygens (including phenoxy) is 8. The maximum absolute atomic E-state index is 15.5. The average Bonchev–Trinajstić information content (AvgIpc) is 1.56. The minimum absolute atomic E-state index is 0.00771. The summed E-state index contributed by atoms with van der Waals surface area (Å²) in [6.07, 6.45) is 19.1. The molecule has 4 bridgehead atoms. The smallest absolute Gasteiger partial charge is 0.409 e. The summed E-state index contributed by atoms with van der Waals surface area (Å²) in [6.45, 7) is 13.4. The van der Waals surface area contributed by atoms with Gasteiger partial charge in [0.25, 0.3) is 5.91 Å². The quantitative estimate of drug-likeness (QED) is 0.00894. The van der Waals surface area contributed by atoms with Crippen molar-refractivity contribution in [3.8, 4) is 11.5 Å². The molecule has 6 aliphatic rings. The third-order valence-corrected chi connectivity index (χ3v) is 29.7. The van der Waals surface area contributed by atoms with E-state index in [1.807, 2.05) is 115 Å². The first-order valence-corrected chi connectivity index (χ1v) is 51.0. The number of likely N-dealkylation sites (tertiary alicyclic amines) is 1. The molecule has 0 radical (unpaired) electrons. The first kappa shape index (κ1) is 106. The number of aromatic amines is 2. The van der Waals surface area contributed by atoms with Gasteiger partial charge in [-0.05, 0) is 185 Å². The molecule has 3 saturated heterocycles. The minimum Gasteiger partial charge on any atom is -0.495 e. The molecule has 36 heteroatoms. The molecule has 33 nitrogen and oxygen atoms in total. The van der Waals surface area contributed by atoms with Crippen molar-refractivity contribution in [2.75, 3.05) is 98.2 Å². The topological polar surface area (TPSA) is 390 Å². The SMILES string of the molecule is COc1cc2cc(c1Cl)N(C)C(=O)C[C@H](OC(=O)[C@@H](C)N(C)C(=O)CCSC1CC(=O)N(CC3CCC(C(=O)NCCOCCOCCNC(=O)c4ccc(CN(CCCCOc5cc(CN(Cc6ccccn6)Cc6ncc[nH]6)cc(CN(Cc6ccccn6)Cc6ncc[nH]6)c5)C(=O)C5(c6ccc(Cl)cc6)CCCCC5)cc4)CC3)C1=O)C1(C)O[C@@H]1[C@H](C)[C@@H]1C[C@@](O)(NC(=O)O1)[C@H](OC)/C=C/C=C(\C)C2. The van der Waals surface area contributed by atoms with E-state index in [1.54, 1.807) is 69.7 Å². The number of carbonyl (C=O) groups excluding carboxylic acids is 9. The van der Waals surface area contributed by atoms with Crippen LogP contribution in [0.1, 0.15) is 185 Å². The van der Waals surface area contributed by atoms with E-state index in [2.05, 4.69) is 73.9 Å². The summed E-state index contributed by atoms with van der Waals surface area (Å²) in [7, 11) is 5.88. The molecule has 760 valence electrons. The maximum Gasteiger partial charge on any atom is 0.409 e. The lowest BCUT2D eigenvalue weighted by atomic mass is 9.68. The van der Waals surface area contributed by atoms with E-state index in [0.29, 0.717) is 132 Å². The van der Waals surface area contributed by atoms with Gasteiger partial charge in [0.1, 0.15) is 58.1 Å². The van der Waals surface area contributed by atoms with Gasteiger partial charge in [-0.25, -0.2) is 19.6 Å². The summed E-state index contributed by atoms with van der Waals surface area (Å²) in [5.74, 6) is -0.605. The number of likely N-dealkylation sites (N-methyl/N-ethyl adjacent to an activating group) is 1. The predicted molar refractivity (Wildman–Crippen MR) is 536 cm³/mol. The first-order chi connectivity index (χ1) is 68.5. The molecule has 5 fully saturated rings. The monoisotopic (exact) mass is 2010 g/mol. The van der Waals surface area contributed by atoms with E-state index in [9.17, 15) is 43.5 Å². The molecule has 6 N–H and O–H groups in total. The Bertz CT molecular complexity index is 5520. The number of pyridine rings is 2. The van der Waals surface area contributed by atoms with Crippen molar-refractivity contribution in [1.29, 1.82) is 0 Å². The third-order valence-electron chi connectivity index (χ3n) is 27.9. The van der Waals surface area contributed by atoms with Crippen molar-refractivity contribution in [2.24, 2.45) is 17.8 Å². The second kappa shape index (κ2) is 50.7. The summed E-state index contributed by atoms with van der Waals surface area (Å²) >= 11 is 14.6. The molecule has 4 aromatic heterocycles. The highest BCUT2D eigenvalue weighted by atomic mass is 35.5. The summed E-state index contributed by atoms with van der Waals surface area (Å²) in [5.41, 5.74) is 4.36. The number of amides is 8. The zero-order valence-electron chi connectivity index (χ0n) is 82.2. The Morgan fingerprint density at radius 3 is 1.99 bits per heavy atom. The van der Waals surface area contributed by atoms with Gasteiger partial charge in [-0.3, -0.25) is 63.5 Å². The number of aromatic nitrogens is 6. The molecule has 8 heterocycles. The van der Waals surface area contributed by atoms with E-state index in [4.69, 9.17) is 61.1 Å². The summed E-state index contributed by atoms with van der Waals surface area (Å²) in [4.78, 5) is 161. The van der Waals surface area contributed by atoms with Crippen LogP contribution >= 0.6 is 35.0 Å². The molecule has 2 saturated carbocycles. The lowest BCUT2D eigenvalue weighted by molar-refractivity contribution is -0.162. The van der Waals surface area contributed by atoms with Gasteiger partial charge < -0.3 is 78.3 Å². The van der Waals surface area contributed by atoms with Crippen LogP contribution in [0.5, 0.6) is 11.5 Å². The number of methoxy groups -OCH3 is 2. The molecular weight excluding hydrogens is 1870 g/mol. The number of alkyl carbamates (subject to hydrolysis) is 1. The lowest BCUT2D eigenvalue weighted by Crippen LogP contribution is -2.63.